The molecule has 2 aliphatic rings. The van der Waals surface area contributed by atoms with E-state index in [2.05, 4.69) is 31.0 Å². The molecule has 1 heteroatoms. The third kappa shape index (κ3) is 3.64. The summed E-state index contributed by atoms with van der Waals surface area (Å²) < 4.78 is 0. The van der Waals surface area contributed by atoms with E-state index < -0.39 is 0 Å². The van der Waals surface area contributed by atoms with E-state index in [1.165, 1.54) is 25.8 Å². The van der Waals surface area contributed by atoms with E-state index in [0.29, 0.717) is 5.41 Å². The third-order valence-corrected chi connectivity index (χ3v) is 3.33. The molecule has 0 bridgehead atoms. The Bertz CT molecular complexity index is 164. The van der Waals surface area contributed by atoms with Gasteiger partial charge in [0.2, 0.25) is 0 Å². The van der Waals surface area contributed by atoms with Crippen LogP contribution in [0.3, 0.4) is 0 Å². The van der Waals surface area contributed by atoms with Crippen molar-refractivity contribution in [2.75, 3.05) is 13.6 Å². The molecule has 1 heterocycles. The average molecular weight is 211 g/mol. The van der Waals surface area contributed by atoms with Crippen LogP contribution in [-0.2, 0) is 0 Å². The van der Waals surface area contributed by atoms with E-state index in [1.54, 1.807) is 0 Å². The molecule has 1 nitrogen and oxygen atoms in total. The fourth-order valence-electron chi connectivity index (χ4n) is 2.58. The summed E-state index contributed by atoms with van der Waals surface area (Å²) in [6, 6.07) is 0.801. The Morgan fingerprint density at radius 1 is 1.07 bits per heavy atom. The zero-order chi connectivity index (χ0) is 11.9. The van der Waals surface area contributed by atoms with E-state index in [0.717, 1.165) is 6.04 Å². The second kappa shape index (κ2) is 7.05. The first kappa shape index (κ1) is 14.7. The Balaban J connectivity index is 0.000000442. The van der Waals surface area contributed by atoms with E-state index in [4.69, 9.17) is 0 Å². The van der Waals surface area contributed by atoms with Gasteiger partial charge in [0.15, 0.2) is 0 Å². The van der Waals surface area contributed by atoms with Gasteiger partial charge in [-0.2, -0.15) is 0 Å². The summed E-state index contributed by atoms with van der Waals surface area (Å²) in [5.41, 5.74) is 0.647. The summed E-state index contributed by atoms with van der Waals surface area (Å²) in [7, 11) is 2.25. The lowest BCUT2D eigenvalue weighted by molar-refractivity contribution is 0.288. The monoisotopic (exact) mass is 211 g/mol. The number of likely N-dealkylation sites (tertiary alicyclic amines) is 1. The van der Waals surface area contributed by atoms with Crippen LogP contribution in [0.2, 0.25) is 0 Å². The Labute approximate surface area is 96.6 Å². The highest BCUT2D eigenvalue weighted by atomic mass is 15.2. The quantitative estimate of drug-likeness (QED) is 0.545. The van der Waals surface area contributed by atoms with Crippen LogP contribution in [0, 0.1) is 5.41 Å². The molecule has 1 unspecified atom stereocenters. The van der Waals surface area contributed by atoms with E-state index >= 15 is 0 Å². The second-order valence-electron chi connectivity index (χ2n) is 4.35. The molecule has 0 aromatic carbocycles. The Morgan fingerprint density at radius 3 is 1.87 bits per heavy atom. The number of hydrogen-bond donors (Lipinski definition) is 0. The molecule has 0 aromatic heterocycles. The fourth-order valence-corrected chi connectivity index (χ4v) is 2.58. The molecule has 0 saturated carbocycles. The molecule has 0 N–H and O–H groups in total. The second-order valence-corrected chi connectivity index (χ2v) is 4.35. The maximum atomic E-state index is 2.49. The summed E-state index contributed by atoms with van der Waals surface area (Å²) in [6.07, 6.45) is 8.75. The lowest BCUT2D eigenvalue weighted by atomic mass is 9.83. The van der Waals surface area contributed by atoms with Gasteiger partial charge in [-0.3, -0.25) is 0 Å². The number of rotatable bonds is 0. The molecule has 0 amide bonds. The van der Waals surface area contributed by atoms with Crippen molar-refractivity contribution in [2.24, 2.45) is 5.41 Å². The van der Waals surface area contributed by atoms with Gasteiger partial charge in [0.25, 0.3) is 0 Å². The molecule has 0 radical (unpaired) electrons. The summed E-state index contributed by atoms with van der Waals surface area (Å²) in [5.74, 6) is 0. The van der Waals surface area contributed by atoms with Crippen molar-refractivity contribution in [3.63, 3.8) is 0 Å². The average Bonchev–Trinajstić information content (AvgIpc) is 2.82. The Hall–Kier alpha value is -0.300. The van der Waals surface area contributed by atoms with Crippen LogP contribution in [0.15, 0.2) is 12.2 Å². The van der Waals surface area contributed by atoms with Crippen molar-refractivity contribution in [3.05, 3.63) is 12.2 Å². The van der Waals surface area contributed by atoms with Gasteiger partial charge < -0.3 is 4.90 Å². The Morgan fingerprint density at radius 2 is 1.53 bits per heavy atom. The minimum atomic E-state index is 0.647. The number of hydrogen-bond acceptors (Lipinski definition) is 1. The highest BCUT2D eigenvalue weighted by Crippen LogP contribution is 2.43. The van der Waals surface area contributed by atoms with Crippen LogP contribution in [0.1, 0.15) is 53.9 Å². The van der Waals surface area contributed by atoms with Crippen molar-refractivity contribution >= 4 is 0 Å². The number of allylic oxidation sites excluding steroid dienone is 2. The van der Waals surface area contributed by atoms with Crippen LogP contribution in [0.4, 0.5) is 0 Å². The lowest BCUT2D eigenvalue weighted by Gasteiger charge is -2.21. The molecular formula is C14H29N. The molecule has 2 rings (SSSR count). The van der Waals surface area contributed by atoms with Gasteiger partial charge in [-0.05, 0) is 38.6 Å². The summed E-state index contributed by atoms with van der Waals surface area (Å²) in [5, 5.41) is 0. The lowest BCUT2D eigenvalue weighted by Crippen LogP contribution is -2.24. The van der Waals surface area contributed by atoms with Crippen molar-refractivity contribution < 1.29 is 0 Å². The molecule has 1 atom stereocenters. The number of nitrogens with zero attached hydrogens (tertiary/aromatic N) is 1. The van der Waals surface area contributed by atoms with Gasteiger partial charge in [0.05, 0.1) is 0 Å². The van der Waals surface area contributed by atoms with Crippen molar-refractivity contribution in [3.8, 4) is 0 Å². The van der Waals surface area contributed by atoms with Crippen molar-refractivity contribution in [1.29, 1.82) is 0 Å². The normalized spacial score (nSPS) is 26.9. The first-order valence-electron chi connectivity index (χ1n) is 6.57. The third-order valence-electron chi connectivity index (χ3n) is 3.33. The van der Waals surface area contributed by atoms with Gasteiger partial charge in [-0.15, -0.1) is 0 Å². The molecule has 0 aromatic rings. The van der Waals surface area contributed by atoms with Gasteiger partial charge in [-0.25, -0.2) is 0 Å². The van der Waals surface area contributed by atoms with Crippen molar-refractivity contribution in [1.82, 2.24) is 4.90 Å². The van der Waals surface area contributed by atoms with Crippen LogP contribution in [0.25, 0.3) is 0 Å². The van der Waals surface area contributed by atoms with E-state index in [9.17, 15) is 0 Å². The van der Waals surface area contributed by atoms with Crippen molar-refractivity contribution in [2.45, 2.75) is 59.9 Å². The fraction of sp³-hybridized carbons (Fsp3) is 0.857. The molecular weight excluding hydrogens is 182 g/mol. The van der Waals surface area contributed by atoms with Gasteiger partial charge in [0, 0.05) is 12.6 Å². The summed E-state index contributed by atoms with van der Waals surface area (Å²) in [4.78, 5) is 2.49. The van der Waals surface area contributed by atoms with E-state index in [-0.39, 0.29) is 0 Å². The smallest absolute Gasteiger partial charge is 0.00701 e. The van der Waals surface area contributed by atoms with Gasteiger partial charge in [-0.1, -0.05) is 39.8 Å². The predicted octanol–water partition coefficient (Wildman–Crippen LogP) is 4.10. The zero-order valence-electron chi connectivity index (χ0n) is 11.5. The Kier molecular flexibility index (Phi) is 6.91. The van der Waals surface area contributed by atoms with Crippen LogP contribution < -0.4 is 0 Å². The minimum absolute atomic E-state index is 0.647. The summed E-state index contributed by atoms with van der Waals surface area (Å²) >= 11 is 0. The van der Waals surface area contributed by atoms with E-state index in [1.807, 2.05) is 27.7 Å². The maximum Gasteiger partial charge on any atom is 0.00701 e. The van der Waals surface area contributed by atoms with Gasteiger partial charge >= 0.3 is 0 Å². The predicted molar refractivity (Wildman–Crippen MR) is 70.2 cm³/mol. The van der Waals surface area contributed by atoms with Crippen LogP contribution >= 0.6 is 0 Å². The highest BCUT2D eigenvalue weighted by molar-refractivity contribution is 5.07. The largest absolute Gasteiger partial charge is 0.303 e. The molecule has 1 saturated heterocycles. The zero-order valence-corrected chi connectivity index (χ0v) is 11.5. The first-order valence-corrected chi connectivity index (χ1v) is 6.57. The van der Waals surface area contributed by atoms with Crippen LogP contribution in [-0.4, -0.2) is 24.5 Å². The topological polar surface area (TPSA) is 3.24 Å². The molecule has 15 heavy (non-hydrogen) atoms. The molecule has 1 aliphatic carbocycles. The SMILES string of the molecule is CC.CC.CC1CC2(CC=CC2)CN1C. The highest BCUT2D eigenvalue weighted by Gasteiger charge is 2.40. The first-order chi connectivity index (χ1) is 7.22. The van der Waals surface area contributed by atoms with Gasteiger partial charge in [0.1, 0.15) is 0 Å². The summed E-state index contributed by atoms with van der Waals surface area (Å²) in [6.45, 7) is 11.6. The standard InChI is InChI=1S/C10H17N.2C2H6/c1-9-7-10(8-11(9)2)5-3-4-6-10;2*1-2/h3-4,9H,5-8H2,1-2H3;2*1-2H3. The molecule has 1 spiro atoms. The minimum Gasteiger partial charge on any atom is -0.303 e. The molecule has 1 fully saturated rings. The molecule has 90 valence electrons. The maximum absolute atomic E-state index is 2.49. The molecule has 1 aliphatic heterocycles. The van der Waals surface area contributed by atoms with Crippen LogP contribution in [0.5, 0.6) is 0 Å².